The van der Waals surface area contributed by atoms with Crippen molar-refractivity contribution in [2.45, 2.75) is 13.8 Å². The summed E-state index contributed by atoms with van der Waals surface area (Å²) < 4.78 is 0. The zero-order chi connectivity index (χ0) is 14.6. The Labute approximate surface area is 111 Å². The maximum absolute atomic E-state index is 12.2. The predicted molar refractivity (Wildman–Crippen MR) is 69.7 cm³/mol. The van der Waals surface area contributed by atoms with Gasteiger partial charge >= 0.3 is 0 Å². The summed E-state index contributed by atoms with van der Waals surface area (Å²) in [5.41, 5.74) is 5.22. The molecule has 0 saturated carbocycles. The monoisotopic (exact) mass is 266 g/mol. The van der Waals surface area contributed by atoms with Crippen LogP contribution in [0.25, 0.3) is 0 Å². The molecular formula is C13H18N2O4. The van der Waals surface area contributed by atoms with Gasteiger partial charge in [0.1, 0.15) is 11.5 Å². The number of hydrogen-bond donors (Lipinski definition) is 3. The summed E-state index contributed by atoms with van der Waals surface area (Å²) in [6, 6.07) is 3.59. The second kappa shape index (κ2) is 6.08. The van der Waals surface area contributed by atoms with E-state index in [4.69, 9.17) is 5.73 Å². The van der Waals surface area contributed by atoms with Crippen LogP contribution in [0.2, 0.25) is 0 Å². The lowest BCUT2D eigenvalue weighted by atomic mass is 10.1. The van der Waals surface area contributed by atoms with Crippen LogP contribution in [0.15, 0.2) is 18.2 Å². The van der Waals surface area contributed by atoms with E-state index in [9.17, 15) is 19.8 Å². The molecule has 0 bridgehead atoms. The van der Waals surface area contributed by atoms with Crippen LogP contribution in [0.3, 0.4) is 0 Å². The Kier molecular flexibility index (Phi) is 4.74. The number of hydrogen-bond acceptors (Lipinski definition) is 4. The van der Waals surface area contributed by atoms with Crippen LogP contribution in [0.1, 0.15) is 24.2 Å². The summed E-state index contributed by atoms with van der Waals surface area (Å²) in [7, 11) is 0. The molecule has 0 unspecified atom stereocenters. The highest BCUT2D eigenvalue weighted by atomic mass is 16.3. The van der Waals surface area contributed by atoms with Crippen LogP contribution in [0.5, 0.6) is 11.5 Å². The highest BCUT2D eigenvalue weighted by molar-refractivity contribution is 5.97. The summed E-state index contributed by atoms with van der Waals surface area (Å²) in [6.45, 7) is 3.97. The van der Waals surface area contributed by atoms with Crippen molar-refractivity contribution in [3.05, 3.63) is 23.8 Å². The van der Waals surface area contributed by atoms with Crippen LogP contribution >= 0.6 is 0 Å². The fourth-order valence-corrected chi connectivity index (χ4v) is 1.75. The molecule has 0 atom stereocenters. The molecule has 4 N–H and O–H groups in total. The zero-order valence-corrected chi connectivity index (χ0v) is 11.0. The molecule has 0 fully saturated rings. The molecule has 104 valence electrons. The van der Waals surface area contributed by atoms with Gasteiger partial charge in [-0.3, -0.25) is 9.59 Å². The van der Waals surface area contributed by atoms with Crippen LogP contribution in [0.4, 0.5) is 0 Å². The average Bonchev–Trinajstić information content (AvgIpc) is 2.24. The number of rotatable bonds is 5. The fourth-order valence-electron chi connectivity index (χ4n) is 1.75. The van der Waals surface area contributed by atoms with Gasteiger partial charge in [-0.2, -0.15) is 0 Å². The van der Waals surface area contributed by atoms with Gasteiger partial charge in [0, 0.05) is 18.2 Å². The van der Waals surface area contributed by atoms with Gasteiger partial charge in [0.2, 0.25) is 5.91 Å². The SMILES string of the molecule is CC(C)CN(CC(N)=O)C(=O)c1cc(O)cc(O)c1. The Morgan fingerprint density at radius 2 is 1.74 bits per heavy atom. The number of phenols is 2. The third-order valence-corrected chi connectivity index (χ3v) is 2.37. The summed E-state index contributed by atoms with van der Waals surface area (Å²) in [4.78, 5) is 24.5. The summed E-state index contributed by atoms with van der Waals surface area (Å²) in [6.07, 6.45) is 0. The number of phenolic OH excluding ortho intramolecular Hbond substituents is 2. The molecule has 1 aromatic carbocycles. The number of nitrogens with two attached hydrogens (primary N) is 1. The van der Waals surface area contributed by atoms with Crippen molar-refractivity contribution in [2.24, 2.45) is 11.7 Å². The topological polar surface area (TPSA) is 104 Å². The molecule has 0 aliphatic rings. The van der Waals surface area contributed by atoms with Gasteiger partial charge in [0.15, 0.2) is 0 Å². The van der Waals surface area contributed by atoms with E-state index in [0.29, 0.717) is 6.54 Å². The Morgan fingerprint density at radius 3 is 2.16 bits per heavy atom. The Morgan fingerprint density at radius 1 is 1.21 bits per heavy atom. The minimum absolute atomic E-state index is 0.111. The van der Waals surface area contributed by atoms with Crippen molar-refractivity contribution in [2.75, 3.05) is 13.1 Å². The number of aromatic hydroxyl groups is 2. The molecule has 1 aromatic rings. The van der Waals surface area contributed by atoms with Crippen LogP contribution in [-0.4, -0.2) is 40.0 Å². The lowest BCUT2D eigenvalue weighted by molar-refractivity contribution is -0.118. The van der Waals surface area contributed by atoms with Crippen molar-refractivity contribution < 1.29 is 19.8 Å². The van der Waals surface area contributed by atoms with Gasteiger partial charge in [0.05, 0.1) is 6.54 Å². The van der Waals surface area contributed by atoms with Crippen molar-refractivity contribution >= 4 is 11.8 Å². The first-order valence-corrected chi connectivity index (χ1v) is 5.90. The quantitative estimate of drug-likeness (QED) is 0.729. The van der Waals surface area contributed by atoms with Crippen molar-refractivity contribution in [3.63, 3.8) is 0 Å². The standard InChI is InChI=1S/C13H18N2O4/c1-8(2)6-15(7-12(14)18)13(19)9-3-10(16)5-11(17)4-9/h3-5,8,16-17H,6-7H2,1-2H3,(H2,14,18). The van der Waals surface area contributed by atoms with Crippen LogP contribution in [-0.2, 0) is 4.79 Å². The Balaban J connectivity index is 3.00. The minimum atomic E-state index is -0.613. The molecule has 0 aliphatic heterocycles. The van der Waals surface area contributed by atoms with Gasteiger partial charge in [-0.05, 0) is 18.1 Å². The second-order valence-electron chi connectivity index (χ2n) is 4.78. The van der Waals surface area contributed by atoms with Crippen molar-refractivity contribution in [3.8, 4) is 11.5 Å². The molecule has 6 heteroatoms. The van der Waals surface area contributed by atoms with Gasteiger partial charge < -0.3 is 20.8 Å². The van der Waals surface area contributed by atoms with Gasteiger partial charge in [-0.25, -0.2) is 0 Å². The minimum Gasteiger partial charge on any atom is -0.508 e. The second-order valence-corrected chi connectivity index (χ2v) is 4.78. The lowest BCUT2D eigenvalue weighted by Gasteiger charge is -2.23. The van der Waals surface area contributed by atoms with E-state index < -0.39 is 11.8 Å². The predicted octanol–water partition coefficient (Wildman–Crippen LogP) is 0.681. The summed E-state index contributed by atoms with van der Waals surface area (Å²) in [5.74, 6) is -1.34. The molecule has 1 rings (SSSR count). The number of primary amides is 1. The Hall–Kier alpha value is -2.24. The van der Waals surface area contributed by atoms with Gasteiger partial charge in [-0.15, -0.1) is 0 Å². The Bertz CT molecular complexity index is 465. The smallest absolute Gasteiger partial charge is 0.254 e. The normalized spacial score (nSPS) is 10.5. The summed E-state index contributed by atoms with van der Waals surface area (Å²) >= 11 is 0. The summed E-state index contributed by atoms with van der Waals surface area (Å²) in [5, 5.41) is 18.7. The first-order chi connectivity index (χ1) is 8.79. The lowest BCUT2D eigenvalue weighted by Crippen LogP contribution is -2.40. The fraction of sp³-hybridized carbons (Fsp3) is 0.385. The number of benzene rings is 1. The number of carbonyl (C=O) groups is 2. The molecule has 0 heterocycles. The maximum atomic E-state index is 12.2. The van der Waals surface area contributed by atoms with E-state index in [0.717, 1.165) is 6.07 Å². The third kappa shape index (κ3) is 4.50. The van der Waals surface area contributed by atoms with Crippen LogP contribution < -0.4 is 5.73 Å². The first-order valence-electron chi connectivity index (χ1n) is 5.90. The molecule has 0 aliphatic carbocycles. The highest BCUT2D eigenvalue weighted by Crippen LogP contribution is 2.21. The largest absolute Gasteiger partial charge is 0.508 e. The van der Waals surface area contributed by atoms with E-state index in [-0.39, 0.29) is 29.5 Å². The van der Waals surface area contributed by atoms with Gasteiger partial charge in [0.25, 0.3) is 5.91 Å². The van der Waals surface area contributed by atoms with Crippen molar-refractivity contribution in [1.82, 2.24) is 4.90 Å². The molecule has 6 nitrogen and oxygen atoms in total. The van der Waals surface area contributed by atoms with E-state index >= 15 is 0 Å². The maximum Gasteiger partial charge on any atom is 0.254 e. The molecule has 0 aromatic heterocycles. The first kappa shape index (κ1) is 14.8. The highest BCUT2D eigenvalue weighted by Gasteiger charge is 2.19. The number of amides is 2. The number of nitrogens with zero attached hydrogens (tertiary/aromatic N) is 1. The molecule has 19 heavy (non-hydrogen) atoms. The molecule has 0 saturated heterocycles. The van der Waals surface area contributed by atoms with E-state index in [1.807, 2.05) is 13.8 Å². The van der Waals surface area contributed by atoms with Crippen molar-refractivity contribution in [1.29, 1.82) is 0 Å². The average molecular weight is 266 g/mol. The molecule has 0 spiro atoms. The molecular weight excluding hydrogens is 248 g/mol. The zero-order valence-electron chi connectivity index (χ0n) is 11.0. The molecule has 0 radical (unpaired) electrons. The third-order valence-electron chi connectivity index (χ3n) is 2.37. The van der Waals surface area contributed by atoms with E-state index in [1.165, 1.54) is 17.0 Å². The van der Waals surface area contributed by atoms with E-state index in [1.54, 1.807) is 0 Å². The van der Waals surface area contributed by atoms with Crippen LogP contribution in [0, 0.1) is 5.92 Å². The van der Waals surface area contributed by atoms with Gasteiger partial charge in [-0.1, -0.05) is 13.8 Å². The van der Waals surface area contributed by atoms with E-state index in [2.05, 4.69) is 0 Å². The molecule has 2 amide bonds. The number of carbonyl (C=O) groups excluding carboxylic acids is 2.